The third kappa shape index (κ3) is 5.61. The fourth-order valence-corrected chi connectivity index (χ4v) is 2.00. The van der Waals surface area contributed by atoms with E-state index in [1.54, 1.807) is 18.5 Å². The van der Waals surface area contributed by atoms with Crippen LogP contribution in [-0.2, 0) is 11.2 Å². The summed E-state index contributed by atoms with van der Waals surface area (Å²) in [6.07, 6.45) is -1.36. The molecule has 0 fully saturated rings. The zero-order valence-electron chi connectivity index (χ0n) is 12.3. The van der Waals surface area contributed by atoms with Crippen molar-refractivity contribution in [1.29, 1.82) is 0 Å². The van der Waals surface area contributed by atoms with Crippen LogP contribution in [0.3, 0.4) is 0 Å². The molecule has 0 aliphatic carbocycles. The van der Waals surface area contributed by atoms with E-state index in [1.807, 2.05) is 13.0 Å². The van der Waals surface area contributed by atoms with Crippen LogP contribution in [0, 0.1) is 0 Å². The van der Waals surface area contributed by atoms with Crippen molar-refractivity contribution in [2.45, 2.75) is 25.7 Å². The van der Waals surface area contributed by atoms with Crippen LogP contribution >= 0.6 is 0 Å². The van der Waals surface area contributed by atoms with Crippen molar-refractivity contribution < 1.29 is 22.7 Å². The molecule has 1 atom stereocenters. The van der Waals surface area contributed by atoms with Crippen molar-refractivity contribution in [3.63, 3.8) is 0 Å². The number of carbonyl (C=O) groups excluding carboxylic acids is 1. The second-order valence-electron chi connectivity index (χ2n) is 4.94. The second kappa shape index (κ2) is 7.13. The lowest BCUT2D eigenvalue weighted by atomic mass is 10.1. The molecule has 0 saturated heterocycles. The minimum absolute atomic E-state index is 0.0664. The van der Waals surface area contributed by atoms with Gasteiger partial charge in [-0.3, -0.25) is 9.78 Å². The Bertz CT molecular complexity index is 643. The predicted molar refractivity (Wildman–Crippen MR) is 77.6 cm³/mol. The summed E-state index contributed by atoms with van der Waals surface area (Å²) in [6, 6.07) is 8.63. The average molecular weight is 324 g/mol. The van der Waals surface area contributed by atoms with Crippen LogP contribution in [0.2, 0.25) is 0 Å². The topological polar surface area (TPSA) is 51.2 Å². The molecule has 0 saturated carbocycles. The van der Waals surface area contributed by atoms with Gasteiger partial charge in [0.15, 0.2) is 0 Å². The predicted octanol–water partition coefficient (Wildman–Crippen LogP) is 3.40. The molecule has 2 aromatic rings. The maximum atomic E-state index is 12.1. The van der Waals surface area contributed by atoms with Gasteiger partial charge in [0.2, 0.25) is 5.91 Å². The van der Waals surface area contributed by atoms with E-state index in [9.17, 15) is 18.0 Å². The molecule has 1 amide bonds. The van der Waals surface area contributed by atoms with Gasteiger partial charge in [0.05, 0.1) is 12.5 Å². The minimum Gasteiger partial charge on any atom is -0.406 e. The van der Waals surface area contributed by atoms with Crippen LogP contribution < -0.4 is 10.1 Å². The summed E-state index contributed by atoms with van der Waals surface area (Å²) in [7, 11) is 0. The Labute approximate surface area is 131 Å². The van der Waals surface area contributed by atoms with Crippen molar-refractivity contribution in [3.8, 4) is 5.75 Å². The molecular formula is C16H15F3N2O2. The fraction of sp³-hybridized carbons (Fsp3) is 0.250. The van der Waals surface area contributed by atoms with Gasteiger partial charge < -0.3 is 10.1 Å². The molecular weight excluding hydrogens is 309 g/mol. The first-order valence-electron chi connectivity index (χ1n) is 6.87. The molecule has 1 heterocycles. The van der Waals surface area contributed by atoms with Gasteiger partial charge in [-0.2, -0.15) is 0 Å². The summed E-state index contributed by atoms with van der Waals surface area (Å²) in [6.45, 7) is 1.83. The van der Waals surface area contributed by atoms with Crippen LogP contribution in [0.15, 0.2) is 48.8 Å². The van der Waals surface area contributed by atoms with Gasteiger partial charge >= 0.3 is 6.36 Å². The van der Waals surface area contributed by atoms with Crippen molar-refractivity contribution in [2.75, 3.05) is 0 Å². The van der Waals surface area contributed by atoms with E-state index < -0.39 is 6.36 Å². The summed E-state index contributed by atoms with van der Waals surface area (Å²) in [4.78, 5) is 15.9. The van der Waals surface area contributed by atoms with Gasteiger partial charge in [0.25, 0.3) is 0 Å². The smallest absolute Gasteiger partial charge is 0.406 e. The lowest BCUT2D eigenvalue weighted by molar-refractivity contribution is -0.274. The number of aromatic nitrogens is 1. The van der Waals surface area contributed by atoms with E-state index in [4.69, 9.17) is 0 Å². The lowest BCUT2D eigenvalue weighted by Gasteiger charge is -2.14. The molecule has 0 aliphatic heterocycles. The second-order valence-corrected chi connectivity index (χ2v) is 4.94. The summed E-state index contributed by atoms with van der Waals surface area (Å²) in [5.74, 6) is -0.545. The molecule has 4 nitrogen and oxygen atoms in total. The molecule has 1 aromatic carbocycles. The van der Waals surface area contributed by atoms with Crippen LogP contribution in [0.4, 0.5) is 13.2 Å². The summed E-state index contributed by atoms with van der Waals surface area (Å²) in [5, 5.41) is 2.81. The molecule has 122 valence electrons. The lowest BCUT2D eigenvalue weighted by Crippen LogP contribution is -2.28. The molecule has 7 heteroatoms. The van der Waals surface area contributed by atoms with E-state index in [0.717, 1.165) is 5.56 Å². The number of halogens is 3. The third-order valence-electron chi connectivity index (χ3n) is 3.08. The summed E-state index contributed by atoms with van der Waals surface area (Å²) in [5.41, 5.74) is 1.46. The third-order valence-corrected chi connectivity index (χ3v) is 3.08. The highest BCUT2D eigenvalue weighted by Crippen LogP contribution is 2.22. The first-order chi connectivity index (χ1) is 10.8. The molecule has 0 aliphatic rings. The molecule has 1 N–H and O–H groups in total. The van der Waals surface area contributed by atoms with Crippen LogP contribution in [0.5, 0.6) is 5.75 Å². The number of alkyl halides is 3. The van der Waals surface area contributed by atoms with Crippen LogP contribution in [-0.4, -0.2) is 17.3 Å². The summed E-state index contributed by atoms with van der Waals surface area (Å²) >= 11 is 0. The number of hydrogen-bond donors (Lipinski definition) is 1. The van der Waals surface area contributed by atoms with Crippen molar-refractivity contribution >= 4 is 5.91 Å². The highest BCUT2D eigenvalue weighted by molar-refractivity contribution is 5.79. The van der Waals surface area contributed by atoms with Crippen LogP contribution in [0.25, 0.3) is 0 Å². The number of ether oxygens (including phenoxy) is 1. The van der Waals surface area contributed by atoms with Crippen LogP contribution in [0.1, 0.15) is 24.1 Å². The van der Waals surface area contributed by atoms with E-state index in [2.05, 4.69) is 15.0 Å². The Morgan fingerprint density at radius 2 is 1.96 bits per heavy atom. The number of benzene rings is 1. The standard InChI is InChI=1S/C16H15F3N2O2/c1-11(13-3-2-8-20-10-13)21-15(22)9-12-4-6-14(7-5-12)23-16(17,18)19/h2-8,10-11H,9H2,1H3,(H,21,22)/t11-/m0/s1. The molecule has 23 heavy (non-hydrogen) atoms. The van der Waals surface area contributed by atoms with E-state index in [0.29, 0.717) is 5.56 Å². The largest absolute Gasteiger partial charge is 0.573 e. The number of hydrogen-bond acceptors (Lipinski definition) is 3. The maximum absolute atomic E-state index is 12.1. The average Bonchev–Trinajstić information content (AvgIpc) is 2.48. The molecule has 0 unspecified atom stereocenters. The SMILES string of the molecule is C[C@H](NC(=O)Cc1ccc(OC(F)(F)F)cc1)c1cccnc1. The zero-order valence-corrected chi connectivity index (χ0v) is 12.3. The maximum Gasteiger partial charge on any atom is 0.573 e. The summed E-state index contributed by atoms with van der Waals surface area (Å²) < 4.78 is 40.0. The van der Waals surface area contributed by atoms with E-state index in [1.165, 1.54) is 24.3 Å². The highest BCUT2D eigenvalue weighted by Gasteiger charge is 2.30. The number of amides is 1. The first kappa shape index (κ1) is 16.8. The van der Waals surface area contributed by atoms with Crippen molar-refractivity contribution in [1.82, 2.24) is 10.3 Å². The Morgan fingerprint density at radius 3 is 2.52 bits per heavy atom. The van der Waals surface area contributed by atoms with Gasteiger partial charge in [-0.05, 0) is 36.2 Å². The molecule has 0 radical (unpaired) electrons. The van der Waals surface area contributed by atoms with E-state index >= 15 is 0 Å². The zero-order chi connectivity index (χ0) is 16.9. The Kier molecular flexibility index (Phi) is 5.20. The van der Waals surface area contributed by atoms with Gasteiger partial charge in [-0.25, -0.2) is 0 Å². The monoisotopic (exact) mass is 324 g/mol. The fourth-order valence-electron chi connectivity index (χ4n) is 2.00. The van der Waals surface area contributed by atoms with Gasteiger partial charge in [0, 0.05) is 12.4 Å². The van der Waals surface area contributed by atoms with E-state index in [-0.39, 0.29) is 24.1 Å². The quantitative estimate of drug-likeness (QED) is 0.917. The van der Waals surface area contributed by atoms with Gasteiger partial charge in [0.1, 0.15) is 5.75 Å². The molecule has 0 bridgehead atoms. The molecule has 0 spiro atoms. The normalized spacial score (nSPS) is 12.5. The van der Waals surface area contributed by atoms with Crippen molar-refractivity contribution in [2.24, 2.45) is 0 Å². The Morgan fingerprint density at radius 1 is 1.26 bits per heavy atom. The number of carbonyl (C=O) groups is 1. The molecule has 1 aromatic heterocycles. The molecule has 2 rings (SSSR count). The Balaban J connectivity index is 1.90. The first-order valence-corrected chi connectivity index (χ1v) is 6.87. The number of rotatable bonds is 5. The van der Waals surface area contributed by atoms with Gasteiger partial charge in [-0.15, -0.1) is 13.2 Å². The van der Waals surface area contributed by atoms with Gasteiger partial charge in [-0.1, -0.05) is 18.2 Å². The minimum atomic E-state index is -4.72. The highest BCUT2D eigenvalue weighted by atomic mass is 19.4. The van der Waals surface area contributed by atoms with Crippen molar-refractivity contribution in [3.05, 3.63) is 59.9 Å². The number of nitrogens with one attached hydrogen (secondary N) is 1. The number of pyridine rings is 1. The number of nitrogens with zero attached hydrogens (tertiary/aromatic N) is 1. The Hall–Kier alpha value is -2.57.